The van der Waals surface area contributed by atoms with E-state index in [-0.39, 0.29) is 0 Å². The maximum absolute atomic E-state index is 5.97. The maximum Gasteiger partial charge on any atom is 0.123 e. The highest BCUT2D eigenvalue weighted by atomic mass is 79.9. The van der Waals surface area contributed by atoms with Crippen LogP contribution in [0, 0.1) is 0 Å². The molecule has 0 aliphatic carbocycles. The molecule has 0 radical (unpaired) electrons. The van der Waals surface area contributed by atoms with Crippen molar-refractivity contribution in [3.05, 3.63) is 29.3 Å². The molecule has 3 heteroatoms. The molecule has 0 aliphatic heterocycles. The van der Waals surface area contributed by atoms with Crippen LogP contribution in [-0.2, 0) is 10.7 Å². The first-order valence-corrected chi connectivity index (χ1v) is 12.4. The largest absolute Gasteiger partial charge is 0.493 e. The Kier molecular flexibility index (Phi) is 14.9. The lowest BCUT2D eigenvalue weighted by molar-refractivity contribution is 0.302. The third-order valence-corrected chi connectivity index (χ3v) is 5.93. The van der Waals surface area contributed by atoms with Gasteiger partial charge in [0.1, 0.15) is 5.75 Å². The number of alkyl halides is 2. The average molecular weight is 476 g/mol. The molecule has 0 aliphatic rings. The summed E-state index contributed by atoms with van der Waals surface area (Å²) in [5.74, 6) is 1.03. The van der Waals surface area contributed by atoms with E-state index >= 15 is 0 Å². The van der Waals surface area contributed by atoms with Crippen molar-refractivity contribution in [3.8, 4) is 5.75 Å². The standard InChI is InChI=1S/C22H36Br2O/c1-2-3-4-5-6-7-8-9-10-11-12-13-16-25-22-15-14-20(18-23)17-21(22)19-24/h14-15,17H,2-13,16,18-19H2,1H3. The molecule has 1 rings (SSSR count). The van der Waals surface area contributed by atoms with Gasteiger partial charge in [0.2, 0.25) is 0 Å². The van der Waals surface area contributed by atoms with Gasteiger partial charge in [-0.1, -0.05) is 122 Å². The predicted octanol–water partition coefficient (Wildman–Crippen LogP) is 8.56. The molecule has 144 valence electrons. The lowest BCUT2D eigenvalue weighted by Gasteiger charge is -2.11. The third-order valence-electron chi connectivity index (χ3n) is 4.68. The zero-order valence-corrected chi connectivity index (χ0v) is 19.2. The second-order valence-corrected chi connectivity index (χ2v) is 8.07. The molecule has 1 nitrogen and oxygen atoms in total. The van der Waals surface area contributed by atoms with Crippen molar-refractivity contribution < 1.29 is 4.74 Å². The monoisotopic (exact) mass is 474 g/mol. The quantitative estimate of drug-likeness (QED) is 0.172. The van der Waals surface area contributed by atoms with Gasteiger partial charge in [-0.25, -0.2) is 0 Å². The van der Waals surface area contributed by atoms with E-state index in [1.54, 1.807) is 0 Å². The van der Waals surface area contributed by atoms with Crippen LogP contribution in [0.4, 0.5) is 0 Å². The second-order valence-electron chi connectivity index (χ2n) is 6.95. The number of benzene rings is 1. The summed E-state index contributed by atoms with van der Waals surface area (Å²) in [6, 6.07) is 6.45. The first-order chi connectivity index (χ1) is 12.3. The molecule has 25 heavy (non-hydrogen) atoms. The molecule has 0 spiro atoms. The SMILES string of the molecule is CCCCCCCCCCCCCCOc1ccc(CBr)cc1CBr. The van der Waals surface area contributed by atoms with Gasteiger partial charge in [0.05, 0.1) is 6.61 Å². The molecule has 0 saturated heterocycles. The lowest BCUT2D eigenvalue weighted by atomic mass is 10.1. The summed E-state index contributed by atoms with van der Waals surface area (Å²) in [4.78, 5) is 0. The second kappa shape index (κ2) is 16.2. The zero-order chi connectivity index (χ0) is 18.2. The Labute approximate surface area is 172 Å². The molecule has 0 atom stereocenters. The Morgan fingerprint density at radius 1 is 0.720 bits per heavy atom. The van der Waals surface area contributed by atoms with Gasteiger partial charge in [-0.2, -0.15) is 0 Å². The smallest absolute Gasteiger partial charge is 0.123 e. The van der Waals surface area contributed by atoms with Gasteiger partial charge in [-0.3, -0.25) is 0 Å². The van der Waals surface area contributed by atoms with E-state index in [4.69, 9.17) is 4.74 Å². The minimum atomic E-state index is 0.838. The van der Waals surface area contributed by atoms with Crippen molar-refractivity contribution in [2.45, 2.75) is 94.6 Å². The average Bonchev–Trinajstić information content (AvgIpc) is 2.65. The van der Waals surface area contributed by atoms with Crippen LogP contribution in [0.15, 0.2) is 18.2 Å². The minimum Gasteiger partial charge on any atom is -0.493 e. The number of halogens is 2. The topological polar surface area (TPSA) is 9.23 Å². The molecule has 0 N–H and O–H groups in total. The van der Waals surface area contributed by atoms with Gasteiger partial charge < -0.3 is 4.74 Å². The summed E-state index contributed by atoms with van der Waals surface area (Å²) in [6.07, 6.45) is 16.6. The van der Waals surface area contributed by atoms with E-state index in [1.807, 2.05) is 0 Å². The first kappa shape index (κ1) is 23.0. The van der Waals surface area contributed by atoms with E-state index in [9.17, 15) is 0 Å². The van der Waals surface area contributed by atoms with Crippen molar-refractivity contribution in [3.63, 3.8) is 0 Å². The molecule has 0 heterocycles. The first-order valence-electron chi connectivity index (χ1n) is 10.2. The highest BCUT2D eigenvalue weighted by molar-refractivity contribution is 9.08. The maximum atomic E-state index is 5.97. The number of ether oxygens (including phenoxy) is 1. The van der Waals surface area contributed by atoms with E-state index in [0.29, 0.717) is 0 Å². The van der Waals surface area contributed by atoms with E-state index in [0.717, 1.165) is 23.0 Å². The summed E-state index contributed by atoms with van der Waals surface area (Å²) in [7, 11) is 0. The fourth-order valence-electron chi connectivity index (χ4n) is 3.09. The third kappa shape index (κ3) is 11.3. The number of unbranched alkanes of at least 4 members (excludes halogenated alkanes) is 11. The molecule has 0 saturated carbocycles. The molecule has 0 fully saturated rings. The predicted molar refractivity (Wildman–Crippen MR) is 118 cm³/mol. The fraction of sp³-hybridized carbons (Fsp3) is 0.727. The highest BCUT2D eigenvalue weighted by Crippen LogP contribution is 2.24. The molecule has 1 aromatic rings. The number of hydrogen-bond acceptors (Lipinski definition) is 1. The number of rotatable bonds is 16. The van der Waals surface area contributed by atoms with Gasteiger partial charge in [-0.15, -0.1) is 0 Å². The highest BCUT2D eigenvalue weighted by Gasteiger charge is 2.04. The molecule has 0 amide bonds. The van der Waals surface area contributed by atoms with Crippen LogP contribution in [0.5, 0.6) is 5.75 Å². The van der Waals surface area contributed by atoms with Crippen LogP contribution in [-0.4, -0.2) is 6.61 Å². The summed E-state index contributed by atoms with van der Waals surface area (Å²) >= 11 is 7.06. The molecule has 0 aromatic heterocycles. The van der Waals surface area contributed by atoms with Crippen molar-refractivity contribution in [2.75, 3.05) is 6.61 Å². The normalized spacial score (nSPS) is 11.0. The van der Waals surface area contributed by atoms with Gasteiger partial charge in [0, 0.05) is 16.2 Å². The Bertz CT molecular complexity index is 434. The molecule has 0 unspecified atom stereocenters. The Morgan fingerprint density at radius 3 is 1.80 bits per heavy atom. The zero-order valence-electron chi connectivity index (χ0n) is 16.0. The Morgan fingerprint density at radius 2 is 1.28 bits per heavy atom. The summed E-state index contributed by atoms with van der Waals surface area (Å²) in [6.45, 7) is 3.12. The van der Waals surface area contributed by atoms with Crippen molar-refractivity contribution in [1.29, 1.82) is 0 Å². The number of hydrogen-bond donors (Lipinski definition) is 0. The summed E-state index contributed by atoms with van der Waals surface area (Å²) in [5.41, 5.74) is 2.54. The van der Waals surface area contributed by atoms with E-state index in [2.05, 4.69) is 57.0 Å². The van der Waals surface area contributed by atoms with Gasteiger partial charge in [-0.05, 0) is 18.1 Å². The van der Waals surface area contributed by atoms with Gasteiger partial charge in [0.25, 0.3) is 0 Å². The van der Waals surface area contributed by atoms with E-state index in [1.165, 1.54) is 88.2 Å². The minimum absolute atomic E-state index is 0.838. The summed E-state index contributed by atoms with van der Waals surface area (Å²) < 4.78 is 5.97. The molecule has 0 bridgehead atoms. The van der Waals surface area contributed by atoms with Crippen molar-refractivity contribution in [2.24, 2.45) is 0 Å². The van der Waals surface area contributed by atoms with Crippen LogP contribution in [0.2, 0.25) is 0 Å². The molecular formula is C22H36Br2O. The van der Waals surface area contributed by atoms with Crippen LogP contribution >= 0.6 is 31.9 Å². The lowest BCUT2D eigenvalue weighted by Crippen LogP contribution is -2.00. The van der Waals surface area contributed by atoms with Crippen LogP contribution in [0.1, 0.15) is 95.1 Å². The van der Waals surface area contributed by atoms with Gasteiger partial charge in [0.15, 0.2) is 0 Å². The van der Waals surface area contributed by atoms with Crippen LogP contribution in [0.3, 0.4) is 0 Å². The van der Waals surface area contributed by atoms with Crippen LogP contribution in [0.25, 0.3) is 0 Å². The van der Waals surface area contributed by atoms with E-state index < -0.39 is 0 Å². The molecule has 1 aromatic carbocycles. The fourth-order valence-corrected chi connectivity index (χ4v) is 3.87. The Hall–Kier alpha value is -0.0200. The van der Waals surface area contributed by atoms with Crippen molar-refractivity contribution in [1.82, 2.24) is 0 Å². The van der Waals surface area contributed by atoms with Gasteiger partial charge >= 0.3 is 0 Å². The Balaban J connectivity index is 1.97. The molecular weight excluding hydrogens is 440 g/mol. The summed E-state index contributed by atoms with van der Waals surface area (Å²) in [5, 5.41) is 1.74. The van der Waals surface area contributed by atoms with Crippen molar-refractivity contribution >= 4 is 31.9 Å². The van der Waals surface area contributed by atoms with Crippen LogP contribution < -0.4 is 4.74 Å².